The minimum atomic E-state index is -0.775. The molecule has 3 aromatic rings. The van der Waals surface area contributed by atoms with Gasteiger partial charge in [0.05, 0.1) is 5.56 Å². The molecule has 0 bridgehead atoms. The van der Waals surface area contributed by atoms with E-state index in [-0.39, 0.29) is 18.0 Å². The molecule has 24 heavy (non-hydrogen) atoms. The molecule has 3 rings (SSSR count). The van der Waals surface area contributed by atoms with Crippen LogP contribution in [0.2, 0.25) is 0 Å². The van der Waals surface area contributed by atoms with Crippen molar-refractivity contribution in [2.24, 2.45) is 0 Å². The molecule has 122 valence electrons. The molecular formula is C14H13N7O3. The van der Waals surface area contributed by atoms with Crippen molar-refractivity contribution in [1.82, 2.24) is 35.5 Å². The summed E-state index contributed by atoms with van der Waals surface area (Å²) in [6, 6.07) is 8.21. The Labute approximate surface area is 134 Å². The van der Waals surface area contributed by atoms with Crippen molar-refractivity contribution in [3.05, 3.63) is 74.8 Å². The summed E-state index contributed by atoms with van der Waals surface area (Å²) in [6.07, 6.45) is 2.60. The van der Waals surface area contributed by atoms with E-state index in [1.54, 1.807) is 24.3 Å². The predicted molar refractivity (Wildman–Crippen MR) is 81.9 cm³/mol. The van der Waals surface area contributed by atoms with E-state index in [0.29, 0.717) is 5.56 Å². The van der Waals surface area contributed by atoms with Gasteiger partial charge in [-0.2, -0.15) is 0 Å². The highest BCUT2D eigenvalue weighted by Crippen LogP contribution is 2.16. The maximum Gasteiger partial charge on any atom is 0.325 e. The first kappa shape index (κ1) is 15.3. The van der Waals surface area contributed by atoms with Crippen molar-refractivity contribution in [3.63, 3.8) is 0 Å². The number of aromatic amines is 2. The highest BCUT2D eigenvalue weighted by molar-refractivity contribution is 5.83. The minimum Gasteiger partial charge on any atom is -0.350 e. The third kappa shape index (κ3) is 3.27. The van der Waals surface area contributed by atoms with Crippen LogP contribution in [-0.2, 0) is 11.3 Å². The molecule has 10 nitrogen and oxygen atoms in total. The lowest BCUT2D eigenvalue weighted by Crippen LogP contribution is -2.35. The molecule has 0 unspecified atom stereocenters. The van der Waals surface area contributed by atoms with Crippen molar-refractivity contribution < 1.29 is 4.79 Å². The van der Waals surface area contributed by atoms with Crippen LogP contribution >= 0.6 is 0 Å². The van der Waals surface area contributed by atoms with Crippen LogP contribution in [0, 0.1) is 0 Å². The fourth-order valence-corrected chi connectivity index (χ4v) is 2.19. The molecule has 0 saturated carbocycles. The van der Waals surface area contributed by atoms with Crippen LogP contribution in [0.3, 0.4) is 0 Å². The van der Waals surface area contributed by atoms with Gasteiger partial charge in [-0.15, -0.1) is 5.10 Å². The van der Waals surface area contributed by atoms with Gasteiger partial charge in [-0.05, 0) is 16.0 Å². The second-order valence-corrected chi connectivity index (χ2v) is 4.92. The van der Waals surface area contributed by atoms with Crippen molar-refractivity contribution in [2.75, 3.05) is 0 Å². The molecule has 0 aliphatic heterocycles. The number of hydrogen-bond acceptors (Lipinski definition) is 6. The molecule has 0 spiro atoms. The van der Waals surface area contributed by atoms with Gasteiger partial charge in [0.25, 0.3) is 5.56 Å². The Hall–Kier alpha value is -3.56. The Kier molecular flexibility index (Phi) is 4.27. The molecule has 0 fully saturated rings. The Morgan fingerprint density at radius 2 is 2.04 bits per heavy atom. The number of carbonyl (C=O) groups is 1. The maximum atomic E-state index is 12.6. The molecule has 2 aromatic heterocycles. The molecule has 0 aliphatic carbocycles. The van der Waals surface area contributed by atoms with Gasteiger partial charge in [-0.3, -0.25) is 14.6 Å². The largest absolute Gasteiger partial charge is 0.350 e. The Bertz CT molecular complexity index is 931. The topological polar surface area (TPSA) is 138 Å². The number of rotatable bonds is 5. The van der Waals surface area contributed by atoms with Gasteiger partial charge >= 0.3 is 5.69 Å². The highest BCUT2D eigenvalue weighted by atomic mass is 16.2. The van der Waals surface area contributed by atoms with E-state index in [9.17, 15) is 14.4 Å². The number of tetrazole rings is 1. The molecule has 0 radical (unpaired) electrons. The summed E-state index contributed by atoms with van der Waals surface area (Å²) in [7, 11) is 0. The molecule has 3 N–H and O–H groups in total. The second-order valence-electron chi connectivity index (χ2n) is 4.92. The summed E-state index contributed by atoms with van der Waals surface area (Å²) in [5.41, 5.74) is -0.243. The fourth-order valence-electron chi connectivity index (χ4n) is 2.19. The summed E-state index contributed by atoms with van der Waals surface area (Å²) >= 11 is 0. The summed E-state index contributed by atoms with van der Waals surface area (Å²) in [5.74, 6) is -0.390. The molecule has 1 aromatic carbocycles. The van der Waals surface area contributed by atoms with Crippen LogP contribution in [0.25, 0.3) is 0 Å². The van der Waals surface area contributed by atoms with Gasteiger partial charge in [-0.25, -0.2) is 9.48 Å². The van der Waals surface area contributed by atoms with Crippen molar-refractivity contribution in [1.29, 1.82) is 0 Å². The van der Waals surface area contributed by atoms with Gasteiger partial charge in [0.1, 0.15) is 6.33 Å². The number of hydrogen-bond donors (Lipinski definition) is 3. The number of carbonyl (C=O) groups excluding carboxylic acids is 1. The van der Waals surface area contributed by atoms with Gasteiger partial charge in [-0.1, -0.05) is 30.3 Å². The summed E-state index contributed by atoms with van der Waals surface area (Å²) < 4.78 is 1.32. The first-order chi connectivity index (χ1) is 11.6. The van der Waals surface area contributed by atoms with E-state index < -0.39 is 17.3 Å². The molecule has 1 atom stereocenters. The van der Waals surface area contributed by atoms with E-state index in [1.165, 1.54) is 17.2 Å². The first-order valence-electron chi connectivity index (χ1n) is 7.01. The van der Waals surface area contributed by atoms with E-state index in [1.807, 2.05) is 6.07 Å². The molecule has 1 amide bonds. The lowest BCUT2D eigenvalue weighted by atomic mass is 10.1. The van der Waals surface area contributed by atoms with E-state index in [2.05, 4.69) is 30.8 Å². The monoisotopic (exact) mass is 327 g/mol. The number of benzene rings is 1. The van der Waals surface area contributed by atoms with Crippen molar-refractivity contribution >= 4 is 5.91 Å². The van der Waals surface area contributed by atoms with Crippen molar-refractivity contribution in [2.45, 2.75) is 12.6 Å². The third-order valence-electron chi connectivity index (χ3n) is 3.34. The number of nitrogens with one attached hydrogen (secondary N) is 3. The third-order valence-corrected chi connectivity index (χ3v) is 3.34. The number of amides is 1. The summed E-state index contributed by atoms with van der Waals surface area (Å²) in [6.45, 7) is -0.0452. The smallest absolute Gasteiger partial charge is 0.325 e. The zero-order chi connectivity index (χ0) is 16.9. The molecule has 0 aliphatic rings. The van der Waals surface area contributed by atoms with Crippen LogP contribution in [0.5, 0.6) is 0 Å². The number of aromatic nitrogens is 6. The SMILES string of the molecule is O=C(NCc1c[nH]c(=O)[nH]c1=O)[C@H](c1ccccc1)n1cnnn1. The Morgan fingerprint density at radius 3 is 2.71 bits per heavy atom. The quantitative estimate of drug-likeness (QED) is 0.547. The maximum absolute atomic E-state index is 12.6. The predicted octanol–water partition coefficient (Wildman–Crippen LogP) is -1.04. The zero-order valence-electron chi connectivity index (χ0n) is 12.3. The van der Waals surface area contributed by atoms with E-state index in [0.717, 1.165) is 0 Å². The van der Waals surface area contributed by atoms with Gasteiger partial charge in [0.2, 0.25) is 5.91 Å². The molecule has 0 saturated heterocycles. The second kappa shape index (κ2) is 6.69. The molecule has 2 heterocycles. The molecule has 10 heteroatoms. The van der Waals surface area contributed by atoms with E-state index >= 15 is 0 Å². The van der Waals surface area contributed by atoms with E-state index in [4.69, 9.17) is 0 Å². The molecular weight excluding hydrogens is 314 g/mol. The Morgan fingerprint density at radius 1 is 1.25 bits per heavy atom. The van der Waals surface area contributed by atoms with Crippen LogP contribution < -0.4 is 16.6 Å². The summed E-state index contributed by atoms with van der Waals surface area (Å²) in [4.78, 5) is 39.7. The van der Waals surface area contributed by atoms with Crippen LogP contribution in [0.15, 0.2) is 52.4 Å². The minimum absolute atomic E-state index is 0.0452. The average Bonchev–Trinajstić information content (AvgIpc) is 3.09. The average molecular weight is 327 g/mol. The number of nitrogens with zero attached hydrogens (tertiary/aromatic N) is 4. The standard InChI is InChI=1S/C14H13N7O3/c22-12-10(7-16-14(24)18-12)6-15-13(23)11(21-8-17-19-20-21)9-4-2-1-3-5-9/h1-5,7-8,11H,6H2,(H,15,23)(H2,16,18,22,24)/t11-/m0/s1. The summed E-state index contributed by atoms with van der Waals surface area (Å²) in [5, 5.41) is 13.5. The van der Waals surface area contributed by atoms with Crippen LogP contribution in [0.4, 0.5) is 0 Å². The first-order valence-corrected chi connectivity index (χ1v) is 7.01. The lowest BCUT2D eigenvalue weighted by molar-refractivity contribution is -0.123. The van der Waals surface area contributed by atoms with Gasteiger partial charge in [0, 0.05) is 12.7 Å². The highest BCUT2D eigenvalue weighted by Gasteiger charge is 2.23. The van der Waals surface area contributed by atoms with Gasteiger partial charge < -0.3 is 10.3 Å². The fraction of sp³-hybridized carbons (Fsp3) is 0.143. The number of H-pyrrole nitrogens is 2. The van der Waals surface area contributed by atoms with Crippen LogP contribution in [-0.4, -0.2) is 36.1 Å². The van der Waals surface area contributed by atoms with Gasteiger partial charge in [0.15, 0.2) is 6.04 Å². The zero-order valence-corrected chi connectivity index (χ0v) is 12.3. The van der Waals surface area contributed by atoms with Crippen molar-refractivity contribution in [3.8, 4) is 0 Å². The normalized spacial score (nSPS) is 11.8. The van der Waals surface area contributed by atoms with Crippen LogP contribution in [0.1, 0.15) is 17.2 Å². The lowest BCUT2D eigenvalue weighted by Gasteiger charge is -2.16. The Balaban J connectivity index is 1.82.